The van der Waals surface area contributed by atoms with Gasteiger partial charge in [-0.15, -0.1) is 0 Å². The topological polar surface area (TPSA) is 78.0 Å². The van der Waals surface area contributed by atoms with Crippen LogP contribution in [0.2, 0.25) is 0 Å². The number of carbonyl (C=O) groups is 1. The van der Waals surface area contributed by atoms with E-state index in [2.05, 4.69) is 10.3 Å². The van der Waals surface area contributed by atoms with Gasteiger partial charge in [0.25, 0.3) is 11.9 Å². The zero-order valence-corrected chi connectivity index (χ0v) is 8.99. The summed E-state index contributed by atoms with van der Waals surface area (Å²) in [4.78, 5) is 14.6. The van der Waals surface area contributed by atoms with Crippen LogP contribution in [0.1, 0.15) is 5.56 Å². The van der Waals surface area contributed by atoms with Crippen LogP contribution >= 0.6 is 0 Å². The van der Waals surface area contributed by atoms with Gasteiger partial charge in [0.2, 0.25) is 0 Å². The molecule has 0 saturated carbocycles. The van der Waals surface area contributed by atoms with Crippen molar-refractivity contribution in [2.75, 3.05) is 0 Å². The Bertz CT molecular complexity index is 603. The Morgan fingerprint density at radius 1 is 1.35 bits per heavy atom. The molecule has 2 aromatic rings. The van der Waals surface area contributed by atoms with E-state index < -0.39 is 6.10 Å². The van der Waals surface area contributed by atoms with E-state index in [9.17, 15) is 4.79 Å². The SMILES string of the molecule is N=C1NC(=O)C(Cc2c[nH]c3ccccc23)O1. The second kappa shape index (κ2) is 3.62. The molecule has 3 rings (SSSR count). The van der Waals surface area contributed by atoms with Gasteiger partial charge in [-0.05, 0) is 11.6 Å². The van der Waals surface area contributed by atoms with Crippen LogP contribution in [-0.4, -0.2) is 23.0 Å². The van der Waals surface area contributed by atoms with Crippen LogP contribution < -0.4 is 5.32 Å². The third-order valence-electron chi connectivity index (χ3n) is 2.87. The highest BCUT2D eigenvalue weighted by Gasteiger charge is 2.30. The second-order valence-electron chi connectivity index (χ2n) is 3.99. The predicted molar refractivity (Wildman–Crippen MR) is 62.7 cm³/mol. The molecule has 0 bridgehead atoms. The molecule has 0 aliphatic carbocycles. The maximum atomic E-state index is 11.5. The molecular weight excluding hydrogens is 218 g/mol. The number of nitrogens with one attached hydrogen (secondary N) is 3. The fourth-order valence-corrected chi connectivity index (χ4v) is 2.05. The molecule has 17 heavy (non-hydrogen) atoms. The van der Waals surface area contributed by atoms with Crippen molar-refractivity contribution in [3.63, 3.8) is 0 Å². The number of hydrogen-bond donors (Lipinski definition) is 3. The van der Waals surface area contributed by atoms with Crippen molar-refractivity contribution in [1.82, 2.24) is 10.3 Å². The highest BCUT2D eigenvalue weighted by atomic mass is 16.5. The molecule has 1 aliphatic rings. The largest absolute Gasteiger partial charge is 0.451 e. The third-order valence-corrected chi connectivity index (χ3v) is 2.87. The van der Waals surface area contributed by atoms with E-state index in [1.807, 2.05) is 30.5 Å². The van der Waals surface area contributed by atoms with Gasteiger partial charge in [-0.2, -0.15) is 0 Å². The summed E-state index contributed by atoms with van der Waals surface area (Å²) in [7, 11) is 0. The minimum atomic E-state index is -0.596. The summed E-state index contributed by atoms with van der Waals surface area (Å²) in [5.74, 6) is -0.250. The monoisotopic (exact) mass is 229 g/mol. The molecule has 1 unspecified atom stereocenters. The molecule has 1 aliphatic heterocycles. The number of rotatable bonds is 2. The molecular formula is C12H11N3O2. The standard InChI is InChI=1S/C12H11N3O2/c13-12-15-11(16)10(17-12)5-7-6-14-9-4-2-1-3-8(7)9/h1-4,6,10,14H,5H2,(H2,13,15,16). The first-order chi connectivity index (χ1) is 8.24. The molecule has 0 spiro atoms. The van der Waals surface area contributed by atoms with E-state index in [1.54, 1.807) is 0 Å². The van der Waals surface area contributed by atoms with E-state index >= 15 is 0 Å². The molecule has 3 N–H and O–H groups in total. The van der Waals surface area contributed by atoms with Gasteiger partial charge in [-0.3, -0.25) is 15.5 Å². The molecule has 5 nitrogen and oxygen atoms in total. The maximum Gasteiger partial charge on any atom is 0.289 e. The summed E-state index contributed by atoms with van der Waals surface area (Å²) in [6, 6.07) is 7.73. The Labute approximate surface area is 97.3 Å². The fraction of sp³-hybridized carbons (Fsp3) is 0.167. The van der Waals surface area contributed by atoms with E-state index in [1.165, 1.54) is 0 Å². The summed E-state index contributed by atoms with van der Waals surface area (Å²) in [5, 5.41) is 10.7. The number of ether oxygens (including phenoxy) is 1. The lowest BCUT2D eigenvalue weighted by Crippen LogP contribution is -2.25. The molecule has 2 heterocycles. The van der Waals surface area contributed by atoms with Crippen LogP contribution in [0.5, 0.6) is 0 Å². The van der Waals surface area contributed by atoms with E-state index in [-0.39, 0.29) is 11.9 Å². The normalized spacial score (nSPS) is 19.4. The number of H-pyrrole nitrogens is 1. The second-order valence-corrected chi connectivity index (χ2v) is 3.99. The van der Waals surface area contributed by atoms with E-state index in [0.717, 1.165) is 16.5 Å². The Kier molecular flexibility index (Phi) is 2.11. The summed E-state index contributed by atoms with van der Waals surface area (Å²) < 4.78 is 5.10. The molecule has 5 heteroatoms. The average Bonchev–Trinajstić information content (AvgIpc) is 2.85. The number of aromatic amines is 1. The van der Waals surface area contributed by atoms with Crippen molar-refractivity contribution < 1.29 is 9.53 Å². The summed E-state index contributed by atoms with van der Waals surface area (Å²) in [5.41, 5.74) is 2.06. The Morgan fingerprint density at radius 3 is 2.94 bits per heavy atom. The lowest BCUT2D eigenvalue weighted by atomic mass is 10.1. The fourth-order valence-electron chi connectivity index (χ4n) is 2.05. The lowest BCUT2D eigenvalue weighted by molar-refractivity contribution is -0.123. The minimum Gasteiger partial charge on any atom is -0.451 e. The van der Waals surface area contributed by atoms with Crippen LogP contribution in [0.25, 0.3) is 10.9 Å². The van der Waals surface area contributed by atoms with Crippen molar-refractivity contribution in [2.45, 2.75) is 12.5 Å². The number of hydrogen-bond acceptors (Lipinski definition) is 3. The van der Waals surface area contributed by atoms with Crippen LogP contribution in [-0.2, 0) is 16.0 Å². The summed E-state index contributed by atoms with van der Waals surface area (Å²) in [6.07, 6.45) is 1.75. The van der Waals surface area contributed by atoms with Crippen molar-refractivity contribution in [3.8, 4) is 0 Å². The molecule has 1 amide bonds. The van der Waals surface area contributed by atoms with Gasteiger partial charge in [0.15, 0.2) is 6.10 Å². The minimum absolute atomic E-state index is 0.167. The molecule has 1 aromatic carbocycles. The molecule has 1 saturated heterocycles. The Hall–Kier alpha value is -2.30. The number of amidine groups is 1. The molecule has 1 aromatic heterocycles. The van der Waals surface area contributed by atoms with Crippen molar-refractivity contribution in [1.29, 1.82) is 5.41 Å². The smallest absolute Gasteiger partial charge is 0.289 e. The van der Waals surface area contributed by atoms with Crippen molar-refractivity contribution >= 4 is 22.8 Å². The highest BCUT2D eigenvalue weighted by molar-refractivity contribution is 6.01. The Morgan fingerprint density at radius 2 is 2.18 bits per heavy atom. The van der Waals surface area contributed by atoms with Gasteiger partial charge in [0, 0.05) is 23.5 Å². The molecule has 1 fully saturated rings. The number of carbonyl (C=O) groups excluding carboxylic acids is 1. The van der Waals surface area contributed by atoms with Gasteiger partial charge in [-0.25, -0.2) is 0 Å². The first kappa shape index (κ1) is 9.89. The van der Waals surface area contributed by atoms with Gasteiger partial charge < -0.3 is 9.72 Å². The van der Waals surface area contributed by atoms with Crippen molar-refractivity contribution in [2.24, 2.45) is 0 Å². The maximum absolute atomic E-state index is 11.5. The number of fused-ring (bicyclic) bond motifs is 1. The first-order valence-electron chi connectivity index (χ1n) is 5.35. The first-order valence-corrected chi connectivity index (χ1v) is 5.35. The molecule has 86 valence electrons. The average molecular weight is 229 g/mol. The van der Waals surface area contributed by atoms with Crippen molar-refractivity contribution in [3.05, 3.63) is 36.0 Å². The summed E-state index contributed by atoms with van der Waals surface area (Å²) in [6.45, 7) is 0. The third kappa shape index (κ3) is 1.65. The summed E-state index contributed by atoms with van der Waals surface area (Å²) >= 11 is 0. The quantitative estimate of drug-likeness (QED) is 0.722. The van der Waals surface area contributed by atoms with E-state index in [0.29, 0.717) is 6.42 Å². The number of amides is 1. The zero-order chi connectivity index (χ0) is 11.8. The van der Waals surface area contributed by atoms with Gasteiger partial charge >= 0.3 is 0 Å². The highest BCUT2D eigenvalue weighted by Crippen LogP contribution is 2.20. The predicted octanol–water partition coefficient (Wildman–Crippen LogP) is 1.16. The van der Waals surface area contributed by atoms with Crippen LogP contribution in [0.3, 0.4) is 0 Å². The Balaban J connectivity index is 1.90. The zero-order valence-electron chi connectivity index (χ0n) is 8.99. The number of benzene rings is 1. The van der Waals surface area contributed by atoms with Crippen LogP contribution in [0, 0.1) is 5.41 Å². The molecule has 1 atom stereocenters. The van der Waals surface area contributed by atoms with Crippen LogP contribution in [0.4, 0.5) is 0 Å². The molecule has 0 radical (unpaired) electrons. The lowest BCUT2D eigenvalue weighted by Gasteiger charge is -2.05. The number of aromatic nitrogens is 1. The van der Waals surface area contributed by atoms with Gasteiger partial charge in [0.1, 0.15) is 0 Å². The van der Waals surface area contributed by atoms with Crippen LogP contribution in [0.15, 0.2) is 30.5 Å². The van der Waals surface area contributed by atoms with Gasteiger partial charge in [0.05, 0.1) is 0 Å². The number of para-hydroxylation sites is 1. The van der Waals surface area contributed by atoms with E-state index in [4.69, 9.17) is 10.1 Å². The van der Waals surface area contributed by atoms with Gasteiger partial charge in [-0.1, -0.05) is 18.2 Å².